The highest BCUT2D eigenvalue weighted by molar-refractivity contribution is 7.71. The molecule has 0 radical (unpaired) electrons. The Morgan fingerprint density at radius 1 is 1.29 bits per heavy atom. The molecule has 28 heavy (non-hydrogen) atoms. The highest BCUT2D eigenvalue weighted by Crippen LogP contribution is 2.29. The molecule has 0 fully saturated rings. The minimum absolute atomic E-state index is 0.110. The summed E-state index contributed by atoms with van der Waals surface area (Å²) >= 11 is 11.2. The molecule has 0 unspecified atom stereocenters. The normalized spacial score (nSPS) is 11.0. The van der Waals surface area contributed by atoms with E-state index < -0.39 is 0 Å². The smallest absolute Gasteiger partial charge is 0.296 e. The second-order valence-corrected chi connectivity index (χ2v) is 6.56. The van der Waals surface area contributed by atoms with E-state index in [1.54, 1.807) is 32.2 Å². The van der Waals surface area contributed by atoms with Crippen molar-refractivity contribution < 1.29 is 9.47 Å². The van der Waals surface area contributed by atoms with Crippen molar-refractivity contribution in [1.29, 1.82) is 0 Å². The Kier molecular flexibility index (Phi) is 6.23. The summed E-state index contributed by atoms with van der Waals surface area (Å²) in [4.78, 5) is 12.1. The fraction of sp³-hybridized carbons (Fsp3) is 0.158. The zero-order valence-corrected chi connectivity index (χ0v) is 16.8. The first kappa shape index (κ1) is 19.8. The zero-order chi connectivity index (χ0) is 20.1. The molecule has 7 nitrogen and oxygen atoms in total. The van der Waals surface area contributed by atoms with Crippen molar-refractivity contribution in [1.82, 2.24) is 14.9 Å². The van der Waals surface area contributed by atoms with Crippen LogP contribution in [0.15, 0.2) is 52.4 Å². The standard InChI is InChI=1S/C19H17ClN4O3S/c1-12-18(25)24(19(28)23-22-12)21-10-13-7-8-16(17(9-13)26-2)27-11-14-5-3-4-6-15(14)20/h3-10H,11H2,1-2H3,(H,23,28)/b21-10+. The van der Waals surface area contributed by atoms with Gasteiger partial charge in [0.15, 0.2) is 11.5 Å². The van der Waals surface area contributed by atoms with Gasteiger partial charge in [-0.25, -0.2) is 0 Å². The number of halogens is 1. The van der Waals surface area contributed by atoms with Gasteiger partial charge < -0.3 is 9.47 Å². The minimum Gasteiger partial charge on any atom is -0.493 e. The summed E-state index contributed by atoms with van der Waals surface area (Å²) in [5, 5.41) is 11.1. The molecule has 0 atom stereocenters. The molecule has 1 N–H and O–H groups in total. The van der Waals surface area contributed by atoms with Crippen molar-refractivity contribution in [3.63, 3.8) is 0 Å². The summed E-state index contributed by atoms with van der Waals surface area (Å²) in [5.74, 6) is 1.09. The molecule has 0 amide bonds. The number of nitrogens with one attached hydrogen (secondary N) is 1. The van der Waals surface area contributed by atoms with Crippen LogP contribution in [0.3, 0.4) is 0 Å². The Hall–Kier alpha value is -2.97. The molecule has 0 spiro atoms. The van der Waals surface area contributed by atoms with E-state index in [1.807, 2.05) is 24.3 Å². The predicted octanol–water partition coefficient (Wildman–Crippen LogP) is 3.73. The highest BCUT2D eigenvalue weighted by Gasteiger charge is 2.07. The number of hydrogen-bond acceptors (Lipinski definition) is 6. The Morgan fingerprint density at radius 3 is 2.82 bits per heavy atom. The molecule has 0 aliphatic carbocycles. The van der Waals surface area contributed by atoms with Gasteiger partial charge in [0.25, 0.3) is 5.56 Å². The molecule has 1 heterocycles. The number of aromatic nitrogens is 3. The van der Waals surface area contributed by atoms with E-state index in [-0.39, 0.29) is 16.0 Å². The number of aryl methyl sites for hydroxylation is 1. The number of methoxy groups -OCH3 is 1. The van der Waals surface area contributed by atoms with Crippen molar-refractivity contribution in [2.75, 3.05) is 7.11 Å². The second-order valence-electron chi connectivity index (χ2n) is 5.77. The zero-order valence-electron chi connectivity index (χ0n) is 15.2. The summed E-state index contributed by atoms with van der Waals surface area (Å²) in [6.07, 6.45) is 1.50. The lowest BCUT2D eigenvalue weighted by Gasteiger charge is -2.12. The third-order valence-electron chi connectivity index (χ3n) is 3.86. The first-order valence-corrected chi connectivity index (χ1v) is 9.05. The maximum atomic E-state index is 12.1. The van der Waals surface area contributed by atoms with Gasteiger partial charge >= 0.3 is 0 Å². The lowest BCUT2D eigenvalue weighted by Crippen LogP contribution is -2.22. The van der Waals surface area contributed by atoms with Crippen molar-refractivity contribution in [2.24, 2.45) is 5.10 Å². The van der Waals surface area contributed by atoms with Gasteiger partial charge in [0.2, 0.25) is 4.77 Å². The predicted molar refractivity (Wildman–Crippen MR) is 110 cm³/mol. The SMILES string of the molecule is COc1cc(/C=N/n2c(=S)[nH]nc(C)c2=O)ccc1OCc1ccccc1Cl. The fourth-order valence-electron chi connectivity index (χ4n) is 2.36. The molecular formula is C19H17ClN4O3S. The van der Waals surface area contributed by atoms with Crippen molar-refractivity contribution >= 4 is 30.0 Å². The first-order chi connectivity index (χ1) is 13.5. The van der Waals surface area contributed by atoms with Crippen molar-refractivity contribution in [3.8, 4) is 11.5 Å². The van der Waals surface area contributed by atoms with Crippen LogP contribution in [0.2, 0.25) is 5.02 Å². The Balaban J connectivity index is 1.82. The molecule has 9 heteroatoms. The molecular weight excluding hydrogens is 400 g/mol. The van der Waals surface area contributed by atoms with Crippen LogP contribution in [0.5, 0.6) is 11.5 Å². The van der Waals surface area contributed by atoms with Gasteiger partial charge in [-0.2, -0.15) is 14.9 Å². The molecule has 2 aromatic carbocycles. The Morgan fingerprint density at radius 2 is 2.07 bits per heavy atom. The quantitative estimate of drug-likeness (QED) is 0.489. The summed E-state index contributed by atoms with van der Waals surface area (Å²) in [5.41, 5.74) is 1.47. The van der Waals surface area contributed by atoms with E-state index in [0.717, 1.165) is 10.2 Å². The van der Waals surface area contributed by atoms with Crippen LogP contribution in [0.4, 0.5) is 0 Å². The maximum absolute atomic E-state index is 12.1. The van der Waals surface area contributed by atoms with E-state index in [0.29, 0.717) is 28.7 Å². The molecule has 0 saturated carbocycles. The molecule has 0 bridgehead atoms. The molecule has 0 saturated heterocycles. The molecule has 144 valence electrons. The lowest BCUT2D eigenvalue weighted by molar-refractivity contribution is 0.284. The van der Waals surface area contributed by atoms with Crippen LogP contribution < -0.4 is 15.0 Å². The van der Waals surface area contributed by atoms with Crippen LogP contribution in [-0.4, -0.2) is 28.2 Å². The number of hydrogen-bond donors (Lipinski definition) is 1. The largest absolute Gasteiger partial charge is 0.493 e. The van der Waals surface area contributed by atoms with E-state index in [2.05, 4.69) is 15.3 Å². The third-order valence-corrected chi connectivity index (χ3v) is 4.50. The van der Waals surface area contributed by atoms with Crippen LogP contribution >= 0.6 is 23.8 Å². The van der Waals surface area contributed by atoms with Gasteiger partial charge in [0, 0.05) is 10.6 Å². The minimum atomic E-state index is -0.383. The maximum Gasteiger partial charge on any atom is 0.296 e. The topological polar surface area (TPSA) is 81.5 Å². The monoisotopic (exact) mass is 416 g/mol. The van der Waals surface area contributed by atoms with Crippen molar-refractivity contribution in [3.05, 3.63) is 79.4 Å². The van der Waals surface area contributed by atoms with Gasteiger partial charge in [-0.15, -0.1) is 0 Å². The van der Waals surface area contributed by atoms with Crippen LogP contribution in [0.1, 0.15) is 16.8 Å². The van der Waals surface area contributed by atoms with Crippen LogP contribution in [0.25, 0.3) is 0 Å². The average molecular weight is 417 g/mol. The third kappa shape index (κ3) is 4.47. The highest BCUT2D eigenvalue weighted by atomic mass is 35.5. The fourth-order valence-corrected chi connectivity index (χ4v) is 2.72. The van der Waals surface area contributed by atoms with E-state index >= 15 is 0 Å². The molecule has 3 rings (SSSR count). The van der Waals surface area contributed by atoms with Crippen LogP contribution in [0, 0.1) is 11.7 Å². The van der Waals surface area contributed by atoms with Gasteiger partial charge in [-0.05, 0) is 49.0 Å². The van der Waals surface area contributed by atoms with E-state index in [4.69, 9.17) is 33.3 Å². The first-order valence-electron chi connectivity index (χ1n) is 8.26. The Bertz CT molecular complexity index is 1140. The number of benzene rings is 2. The van der Waals surface area contributed by atoms with Gasteiger partial charge in [0.1, 0.15) is 12.3 Å². The average Bonchev–Trinajstić information content (AvgIpc) is 2.70. The second kappa shape index (κ2) is 8.81. The van der Waals surface area contributed by atoms with E-state index in [1.165, 1.54) is 6.21 Å². The van der Waals surface area contributed by atoms with Gasteiger partial charge in [-0.1, -0.05) is 29.8 Å². The Labute approximate surface area is 171 Å². The number of H-pyrrole nitrogens is 1. The lowest BCUT2D eigenvalue weighted by atomic mass is 10.2. The summed E-state index contributed by atoms with van der Waals surface area (Å²) in [7, 11) is 1.55. The number of ether oxygens (including phenoxy) is 2. The summed E-state index contributed by atoms with van der Waals surface area (Å²) in [6.45, 7) is 1.89. The molecule has 0 aliphatic heterocycles. The molecule has 0 aliphatic rings. The molecule has 3 aromatic rings. The van der Waals surface area contributed by atoms with Crippen molar-refractivity contribution in [2.45, 2.75) is 13.5 Å². The van der Waals surface area contributed by atoms with Crippen LogP contribution in [-0.2, 0) is 6.61 Å². The number of aromatic amines is 1. The number of nitrogens with zero attached hydrogens (tertiary/aromatic N) is 3. The number of rotatable bonds is 6. The summed E-state index contributed by atoms with van der Waals surface area (Å²) < 4.78 is 12.4. The van der Waals surface area contributed by atoms with E-state index in [9.17, 15) is 4.79 Å². The van der Waals surface area contributed by atoms with Gasteiger partial charge in [-0.3, -0.25) is 9.89 Å². The molecule has 1 aromatic heterocycles. The summed E-state index contributed by atoms with van der Waals surface area (Å²) in [6, 6.07) is 12.8. The van der Waals surface area contributed by atoms with Gasteiger partial charge in [0.05, 0.1) is 13.3 Å².